The molecule has 0 saturated carbocycles. The highest BCUT2D eigenvalue weighted by Crippen LogP contribution is 2.27. The second-order valence-corrected chi connectivity index (χ2v) is 7.18. The Bertz CT molecular complexity index is 597. The highest BCUT2D eigenvalue weighted by atomic mass is 19.1. The second kappa shape index (κ2) is 7.50. The number of piperidine rings is 1. The lowest BCUT2D eigenvalue weighted by Crippen LogP contribution is -2.48. The largest absolute Gasteiger partial charge is 0.373 e. The molecule has 2 aliphatic heterocycles. The summed E-state index contributed by atoms with van der Waals surface area (Å²) in [4.78, 5) is 4.75. The lowest BCUT2D eigenvalue weighted by atomic mass is 9.95. The number of nitrogens with zero attached hydrogens (tertiary/aromatic N) is 3. The van der Waals surface area contributed by atoms with Crippen molar-refractivity contribution in [3.63, 3.8) is 0 Å². The van der Waals surface area contributed by atoms with Crippen LogP contribution in [-0.4, -0.2) is 49.8 Å². The Morgan fingerprint density at radius 2 is 1.88 bits per heavy atom. The molecule has 0 aliphatic carbocycles. The van der Waals surface area contributed by atoms with Gasteiger partial charge < -0.3 is 9.64 Å². The van der Waals surface area contributed by atoms with Crippen molar-refractivity contribution in [1.82, 2.24) is 4.90 Å². The van der Waals surface area contributed by atoms with Crippen molar-refractivity contribution in [2.75, 3.05) is 37.6 Å². The van der Waals surface area contributed by atoms with Gasteiger partial charge in [0, 0.05) is 32.7 Å². The third-order valence-electron chi connectivity index (χ3n) is 5.05. The molecule has 2 fully saturated rings. The minimum Gasteiger partial charge on any atom is -0.373 e. The van der Waals surface area contributed by atoms with E-state index in [1.54, 1.807) is 6.07 Å². The SMILES string of the molecule is CC1CN(CC2CCN(c3ccc(F)cc3C#N)CC2)CC(C)O1. The highest BCUT2D eigenvalue weighted by molar-refractivity contribution is 5.59. The van der Waals surface area contributed by atoms with E-state index in [1.165, 1.54) is 12.1 Å². The number of anilines is 1. The van der Waals surface area contributed by atoms with Crippen LogP contribution in [0.1, 0.15) is 32.3 Å². The third kappa shape index (κ3) is 4.06. The summed E-state index contributed by atoms with van der Waals surface area (Å²) in [7, 11) is 0. The Balaban J connectivity index is 1.55. The topological polar surface area (TPSA) is 39.5 Å². The van der Waals surface area contributed by atoms with E-state index in [0.29, 0.717) is 23.7 Å². The zero-order valence-electron chi connectivity index (χ0n) is 14.5. The molecule has 2 unspecified atom stereocenters. The molecule has 1 aromatic carbocycles. The molecule has 0 radical (unpaired) electrons. The fraction of sp³-hybridized carbons (Fsp3) is 0.632. The van der Waals surface area contributed by atoms with E-state index in [0.717, 1.165) is 51.3 Å². The van der Waals surface area contributed by atoms with Gasteiger partial charge in [0.25, 0.3) is 0 Å². The van der Waals surface area contributed by atoms with Gasteiger partial charge in [0.15, 0.2) is 0 Å². The number of hydrogen-bond donors (Lipinski definition) is 0. The van der Waals surface area contributed by atoms with Gasteiger partial charge in [-0.05, 0) is 50.8 Å². The van der Waals surface area contributed by atoms with Crippen LogP contribution in [0.25, 0.3) is 0 Å². The van der Waals surface area contributed by atoms with Crippen molar-refractivity contribution >= 4 is 5.69 Å². The molecule has 130 valence electrons. The predicted octanol–water partition coefficient (Wildman–Crippen LogP) is 3.02. The molecule has 0 bridgehead atoms. The Morgan fingerprint density at radius 1 is 1.21 bits per heavy atom. The average molecular weight is 331 g/mol. The molecule has 3 rings (SSSR count). The van der Waals surface area contributed by atoms with Gasteiger partial charge in [-0.15, -0.1) is 0 Å². The van der Waals surface area contributed by atoms with Gasteiger partial charge in [-0.3, -0.25) is 4.90 Å². The predicted molar refractivity (Wildman–Crippen MR) is 92.5 cm³/mol. The fourth-order valence-electron chi connectivity index (χ4n) is 4.03. The van der Waals surface area contributed by atoms with Crippen LogP contribution in [0.15, 0.2) is 18.2 Å². The van der Waals surface area contributed by atoms with Crippen LogP contribution in [0.5, 0.6) is 0 Å². The summed E-state index contributed by atoms with van der Waals surface area (Å²) >= 11 is 0. The van der Waals surface area contributed by atoms with Gasteiger partial charge >= 0.3 is 0 Å². The first-order valence-corrected chi connectivity index (χ1v) is 8.87. The molecule has 2 atom stereocenters. The summed E-state index contributed by atoms with van der Waals surface area (Å²) in [5, 5.41) is 9.23. The van der Waals surface area contributed by atoms with Gasteiger partial charge in [-0.2, -0.15) is 5.26 Å². The first kappa shape index (κ1) is 17.2. The molecule has 0 aromatic heterocycles. The first-order valence-electron chi connectivity index (χ1n) is 8.87. The van der Waals surface area contributed by atoms with Gasteiger partial charge in [-0.25, -0.2) is 4.39 Å². The molecule has 0 amide bonds. The molecule has 2 saturated heterocycles. The van der Waals surface area contributed by atoms with E-state index >= 15 is 0 Å². The minimum atomic E-state index is -0.347. The second-order valence-electron chi connectivity index (χ2n) is 7.18. The van der Waals surface area contributed by atoms with E-state index in [9.17, 15) is 9.65 Å². The minimum absolute atomic E-state index is 0.311. The number of ether oxygens (including phenoxy) is 1. The Kier molecular flexibility index (Phi) is 5.37. The Labute approximate surface area is 143 Å². The molecule has 0 N–H and O–H groups in total. The van der Waals surface area contributed by atoms with Crippen molar-refractivity contribution < 1.29 is 9.13 Å². The molecule has 1 aromatic rings. The zero-order valence-corrected chi connectivity index (χ0v) is 14.5. The summed E-state index contributed by atoms with van der Waals surface area (Å²) in [5.41, 5.74) is 1.30. The van der Waals surface area contributed by atoms with Gasteiger partial charge in [-0.1, -0.05) is 0 Å². The molecule has 2 aliphatic rings. The summed E-state index contributed by atoms with van der Waals surface area (Å²) in [6, 6.07) is 6.63. The summed E-state index contributed by atoms with van der Waals surface area (Å²) in [6.45, 7) is 9.30. The zero-order chi connectivity index (χ0) is 17.1. The van der Waals surface area contributed by atoms with Crippen LogP contribution in [0.4, 0.5) is 10.1 Å². The van der Waals surface area contributed by atoms with Crippen LogP contribution in [-0.2, 0) is 4.74 Å². The molecular formula is C19H26FN3O. The quantitative estimate of drug-likeness (QED) is 0.853. The van der Waals surface area contributed by atoms with Crippen LogP contribution >= 0.6 is 0 Å². The van der Waals surface area contributed by atoms with E-state index in [2.05, 4.69) is 29.7 Å². The molecule has 4 nitrogen and oxygen atoms in total. The van der Waals surface area contributed by atoms with Crippen LogP contribution < -0.4 is 4.90 Å². The van der Waals surface area contributed by atoms with E-state index < -0.39 is 0 Å². The number of nitriles is 1. The molecule has 0 spiro atoms. The van der Waals surface area contributed by atoms with Gasteiger partial charge in [0.05, 0.1) is 23.5 Å². The average Bonchev–Trinajstić information content (AvgIpc) is 2.54. The lowest BCUT2D eigenvalue weighted by Gasteiger charge is -2.40. The molecule has 5 heteroatoms. The maximum Gasteiger partial charge on any atom is 0.124 e. The Morgan fingerprint density at radius 3 is 2.50 bits per heavy atom. The normalized spacial score (nSPS) is 26.3. The van der Waals surface area contributed by atoms with Gasteiger partial charge in [0.1, 0.15) is 11.9 Å². The summed E-state index contributed by atoms with van der Waals surface area (Å²) in [5.74, 6) is 0.338. The van der Waals surface area contributed by atoms with Crippen molar-refractivity contribution in [3.8, 4) is 6.07 Å². The van der Waals surface area contributed by atoms with Crippen molar-refractivity contribution in [2.24, 2.45) is 5.92 Å². The molecular weight excluding hydrogens is 305 g/mol. The smallest absolute Gasteiger partial charge is 0.124 e. The van der Waals surface area contributed by atoms with Crippen molar-refractivity contribution in [1.29, 1.82) is 5.26 Å². The van der Waals surface area contributed by atoms with Crippen molar-refractivity contribution in [2.45, 2.75) is 38.9 Å². The number of halogens is 1. The molecule has 2 heterocycles. The number of morpholine rings is 1. The highest BCUT2D eigenvalue weighted by Gasteiger charge is 2.27. The van der Waals surface area contributed by atoms with E-state index in [1.807, 2.05) is 0 Å². The fourth-order valence-corrected chi connectivity index (χ4v) is 4.03. The van der Waals surface area contributed by atoms with Crippen molar-refractivity contribution in [3.05, 3.63) is 29.6 Å². The van der Waals surface area contributed by atoms with Crippen LogP contribution in [0.3, 0.4) is 0 Å². The van der Waals surface area contributed by atoms with Crippen LogP contribution in [0.2, 0.25) is 0 Å². The van der Waals surface area contributed by atoms with Gasteiger partial charge in [0.2, 0.25) is 0 Å². The number of rotatable bonds is 3. The maximum absolute atomic E-state index is 13.3. The number of benzene rings is 1. The lowest BCUT2D eigenvalue weighted by molar-refractivity contribution is -0.0720. The monoisotopic (exact) mass is 331 g/mol. The van der Waals surface area contributed by atoms with E-state index in [-0.39, 0.29) is 5.82 Å². The number of hydrogen-bond acceptors (Lipinski definition) is 4. The standard InChI is InChI=1S/C19H26FN3O/c1-14-11-22(12-15(2)24-14)13-16-5-7-23(8-6-16)19-4-3-18(20)9-17(19)10-21/h3-4,9,14-16H,5-8,11-13H2,1-2H3. The summed E-state index contributed by atoms with van der Waals surface area (Å²) in [6.07, 6.45) is 2.85. The maximum atomic E-state index is 13.3. The van der Waals surface area contributed by atoms with Crippen LogP contribution in [0, 0.1) is 23.1 Å². The summed E-state index contributed by atoms with van der Waals surface area (Å²) < 4.78 is 19.1. The first-order chi connectivity index (χ1) is 11.5. The molecule has 24 heavy (non-hydrogen) atoms. The Hall–Kier alpha value is -1.64. The third-order valence-corrected chi connectivity index (χ3v) is 5.05. The van der Waals surface area contributed by atoms with E-state index in [4.69, 9.17) is 4.74 Å².